The molecule has 1 N–H and O–H groups in total. The van der Waals surface area contributed by atoms with Crippen molar-refractivity contribution in [2.45, 2.75) is 12.8 Å². The molecule has 0 saturated carbocycles. The Morgan fingerprint density at radius 1 is 0.680 bits per heavy atom. The Labute approximate surface area is 148 Å². The van der Waals surface area contributed by atoms with E-state index in [1.54, 1.807) is 0 Å². The van der Waals surface area contributed by atoms with Crippen LogP contribution in [0.25, 0.3) is 22.5 Å². The smallest absolute Gasteiger partial charge is 0.0965 e. The number of aromatic nitrogens is 2. The first-order chi connectivity index (χ1) is 12.3. The Morgan fingerprint density at radius 3 is 1.80 bits per heavy atom. The molecule has 0 spiro atoms. The molecule has 0 saturated heterocycles. The monoisotopic (exact) mass is 324 g/mol. The molecular weight excluding hydrogens is 304 g/mol. The Kier molecular flexibility index (Phi) is 4.17. The van der Waals surface area contributed by atoms with Gasteiger partial charge in [0.05, 0.1) is 11.4 Å². The van der Waals surface area contributed by atoms with Gasteiger partial charge in [0.1, 0.15) is 0 Å². The van der Waals surface area contributed by atoms with Crippen molar-refractivity contribution in [1.29, 1.82) is 0 Å². The fourth-order valence-electron chi connectivity index (χ4n) is 3.32. The van der Waals surface area contributed by atoms with Gasteiger partial charge in [0.2, 0.25) is 0 Å². The Bertz CT molecular complexity index is 884. The number of hydrogen-bond donors (Lipinski definition) is 1. The summed E-state index contributed by atoms with van der Waals surface area (Å²) in [4.78, 5) is 0. The lowest BCUT2D eigenvalue weighted by Crippen LogP contribution is -1.99. The van der Waals surface area contributed by atoms with Crippen LogP contribution in [0.15, 0.2) is 91.0 Å². The molecule has 4 rings (SSSR count). The molecule has 0 aliphatic heterocycles. The van der Waals surface area contributed by atoms with Gasteiger partial charge in [-0.1, -0.05) is 97.9 Å². The minimum absolute atomic E-state index is 0.241. The third kappa shape index (κ3) is 2.99. The van der Waals surface area contributed by atoms with Crippen LogP contribution in [0.5, 0.6) is 0 Å². The van der Waals surface area contributed by atoms with Gasteiger partial charge in [-0.25, -0.2) is 0 Å². The van der Waals surface area contributed by atoms with Crippen molar-refractivity contribution in [2.24, 2.45) is 0 Å². The largest absolute Gasteiger partial charge is 0.277 e. The predicted molar refractivity (Wildman–Crippen MR) is 103 cm³/mol. The number of rotatable bonds is 4. The van der Waals surface area contributed by atoms with Crippen molar-refractivity contribution in [2.75, 3.05) is 0 Å². The second kappa shape index (κ2) is 6.78. The molecule has 1 aromatic heterocycles. The van der Waals surface area contributed by atoms with Gasteiger partial charge in [0, 0.05) is 17.0 Å². The maximum Gasteiger partial charge on any atom is 0.0965 e. The highest BCUT2D eigenvalue weighted by molar-refractivity contribution is 5.75. The predicted octanol–water partition coefficient (Wildman–Crippen LogP) is 5.90. The molecule has 0 aliphatic carbocycles. The van der Waals surface area contributed by atoms with Crippen molar-refractivity contribution in [3.05, 3.63) is 102 Å². The summed E-state index contributed by atoms with van der Waals surface area (Å²) in [5, 5.41) is 7.97. The van der Waals surface area contributed by atoms with Crippen LogP contribution in [0.3, 0.4) is 0 Å². The van der Waals surface area contributed by atoms with E-state index in [1.165, 1.54) is 11.1 Å². The van der Waals surface area contributed by atoms with Crippen molar-refractivity contribution in [3.8, 4) is 22.5 Å². The quantitative estimate of drug-likeness (QED) is 0.498. The summed E-state index contributed by atoms with van der Waals surface area (Å²) in [5.41, 5.74) is 6.95. The van der Waals surface area contributed by atoms with Crippen molar-refractivity contribution in [1.82, 2.24) is 10.2 Å². The lowest BCUT2D eigenvalue weighted by Gasteiger charge is -2.15. The molecule has 0 radical (unpaired) electrons. The van der Waals surface area contributed by atoms with Crippen LogP contribution in [0.2, 0.25) is 0 Å². The lowest BCUT2D eigenvalue weighted by molar-refractivity contribution is 0.928. The molecule has 3 aromatic carbocycles. The van der Waals surface area contributed by atoms with Gasteiger partial charge in [0.25, 0.3) is 0 Å². The van der Waals surface area contributed by atoms with Crippen LogP contribution < -0.4 is 0 Å². The summed E-state index contributed by atoms with van der Waals surface area (Å²) in [5.74, 6) is 0.241. The molecule has 25 heavy (non-hydrogen) atoms. The van der Waals surface area contributed by atoms with Crippen molar-refractivity contribution >= 4 is 0 Å². The third-order valence-electron chi connectivity index (χ3n) is 4.65. The van der Waals surface area contributed by atoms with Gasteiger partial charge in [0.15, 0.2) is 0 Å². The third-order valence-corrected chi connectivity index (χ3v) is 4.65. The summed E-state index contributed by atoms with van der Waals surface area (Å²) in [6.45, 7) is 2.25. The van der Waals surface area contributed by atoms with Crippen LogP contribution in [-0.2, 0) is 0 Å². The van der Waals surface area contributed by atoms with Crippen LogP contribution in [-0.4, -0.2) is 10.2 Å². The highest BCUT2D eigenvalue weighted by Crippen LogP contribution is 2.38. The molecular formula is C23H20N2. The van der Waals surface area contributed by atoms with Crippen LogP contribution in [0.4, 0.5) is 0 Å². The number of nitrogens with zero attached hydrogens (tertiary/aromatic N) is 1. The van der Waals surface area contributed by atoms with Crippen molar-refractivity contribution < 1.29 is 0 Å². The van der Waals surface area contributed by atoms with Crippen LogP contribution in [0, 0.1) is 0 Å². The zero-order chi connectivity index (χ0) is 17.1. The van der Waals surface area contributed by atoms with E-state index >= 15 is 0 Å². The van der Waals surface area contributed by atoms with Gasteiger partial charge < -0.3 is 0 Å². The van der Waals surface area contributed by atoms with E-state index in [9.17, 15) is 0 Å². The lowest BCUT2D eigenvalue weighted by atomic mass is 9.88. The van der Waals surface area contributed by atoms with E-state index in [2.05, 4.69) is 96.0 Å². The second-order valence-electron chi connectivity index (χ2n) is 6.23. The number of hydrogen-bond acceptors (Lipinski definition) is 1. The van der Waals surface area contributed by atoms with Gasteiger partial charge >= 0.3 is 0 Å². The first-order valence-electron chi connectivity index (χ1n) is 8.58. The normalized spacial score (nSPS) is 12.0. The molecule has 0 aliphatic rings. The van der Waals surface area contributed by atoms with E-state index in [-0.39, 0.29) is 5.92 Å². The summed E-state index contributed by atoms with van der Waals surface area (Å²) < 4.78 is 0. The first-order valence-corrected chi connectivity index (χ1v) is 8.58. The first kappa shape index (κ1) is 15.4. The standard InChI is InChI=1S/C23H20N2/c1-17(18-11-5-2-6-12-18)21-22(19-13-7-3-8-14-19)24-25-23(21)20-15-9-4-10-16-20/h2-17H,1H3,(H,24,25)/t17-/m1/s1. The molecule has 0 unspecified atom stereocenters. The van der Waals surface area contributed by atoms with E-state index in [1.807, 2.05) is 12.1 Å². The average molecular weight is 324 g/mol. The number of H-pyrrole nitrogens is 1. The number of benzene rings is 3. The van der Waals surface area contributed by atoms with E-state index in [4.69, 9.17) is 0 Å². The summed E-state index contributed by atoms with van der Waals surface area (Å²) in [6, 6.07) is 31.4. The van der Waals surface area contributed by atoms with Gasteiger partial charge in [-0.3, -0.25) is 5.10 Å². The van der Waals surface area contributed by atoms with Crippen LogP contribution >= 0.6 is 0 Å². The summed E-state index contributed by atoms with van der Waals surface area (Å²) in [7, 11) is 0. The SMILES string of the molecule is C[C@H](c1ccccc1)c1c(-c2ccccc2)n[nH]c1-c1ccccc1. The number of nitrogens with one attached hydrogen (secondary N) is 1. The highest BCUT2D eigenvalue weighted by Gasteiger charge is 2.22. The van der Waals surface area contributed by atoms with E-state index < -0.39 is 0 Å². The molecule has 4 aromatic rings. The van der Waals surface area contributed by atoms with Crippen LogP contribution in [0.1, 0.15) is 24.0 Å². The fourth-order valence-corrected chi connectivity index (χ4v) is 3.32. The molecule has 2 nitrogen and oxygen atoms in total. The molecule has 2 heteroatoms. The summed E-state index contributed by atoms with van der Waals surface area (Å²) >= 11 is 0. The maximum atomic E-state index is 4.68. The molecule has 1 atom stereocenters. The average Bonchev–Trinajstić information content (AvgIpc) is 3.14. The Balaban J connectivity index is 1.91. The maximum absolute atomic E-state index is 4.68. The zero-order valence-corrected chi connectivity index (χ0v) is 14.2. The Hall–Kier alpha value is -3.13. The summed E-state index contributed by atoms with van der Waals surface area (Å²) in [6.07, 6.45) is 0. The van der Waals surface area contributed by atoms with Gasteiger partial charge in [-0.2, -0.15) is 5.10 Å². The second-order valence-corrected chi connectivity index (χ2v) is 6.23. The minimum atomic E-state index is 0.241. The van der Waals surface area contributed by atoms with Gasteiger partial charge in [-0.15, -0.1) is 0 Å². The minimum Gasteiger partial charge on any atom is -0.277 e. The highest BCUT2D eigenvalue weighted by atomic mass is 15.1. The molecule has 0 amide bonds. The molecule has 0 bridgehead atoms. The topological polar surface area (TPSA) is 28.7 Å². The molecule has 0 fully saturated rings. The van der Waals surface area contributed by atoms with E-state index in [0.717, 1.165) is 22.5 Å². The Morgan fingerprint density at radius 2 is 1.20 bits per heavy atom. The fraction of sp³-hybridized carbons (Fsp3) is 0.0870. The molecule has 1 heterocycles. The zero-order valence-electron chi connectivity index (χ0n) is 14.2. The van der Waals surface area contributed by atoms with Gasteiger partial charge in [-0.05, 0) is 11.1 Å². The van der Waals surface area contributed by atoms with Crippen molar-refractivity contribution in [3.63, 3.8) is 0 Å². The molecule has 122 valence electrons. The number of aromatic amines is 1. The van der Waals surface area contributed by atoms with E-state index in [0.29, 0.717) is 0 Å².